The number of piperidine rings is 1. The minimum atomic E-state index is -5.08. The van der Waals surface area contributed by atoms with Gasteiger partial charge in [0, 0.05) is 37.2 Å². The van der Waals surface area contributed by atoms with Gasteiger partial charge in [-0.05, 0) is 68.8 Å². The van der Waals surface area contributed by atoms with Crippen molar-refractivity contribution in [2.45, 2.75) is 50.7 Å². The number of hydrogen-bond donors (Lipinski definition) is 5. The highest BCUT2D eigenvalue weighted by Gasteiger charge is 2.38. The second-order valence-corrected chi connectivity index (χ2v) is 10.3. The summed E-state index contributed by atoms with van der Waals surface area (Å²) in [5, 5.41) is 27.7. The third-order valence-corrected chi connectivity index (χ3v) is 7.03. The summed E-state index contributed by atoms with van der Waals surface area (Å²) < 4.78 is 45.8. The fraction of sp³-hybridized carbons (Fsp3) is 0.481. The first-order valence-electron chi connectivity index (χ1n) is 13.2. The number of alkyl halides is 3. The Bertz CT molecular complexity index is 1160. The zero-order valence-electron chi connectivity index (χ0n) is 22.4. The summed E-state index contributed by atoms with van der Waals surface area (Å²) in [6.45, 7) is 6.12. The van der Waals surface area contributed by atoms with E-state index in [1.54, 1.807) is 6.07 Å². The van der Waals surface area contributed by atoms with Crippen LogP contribution >= 0.6 is 11.6 Å². The quantitative estimate of drug-likeness (QED) is 0.303. The summed E-state index contributed by atoms with van der Waals surface area (Å²) in [5.41, 5.74) is 2.35. The Morgan fingerprint density at radius 2 is 1.71 bits per heavy atom. The molecule has 2 saturated heterocycles. The largest absolute Gasteiger partial charge is 0.490 e. The van der Waals surface area contributed by atoms with Crippen molar-refractivity contribution in [1.82, 2.24) is 15.5 Å². The number of benzene rings is 2. The molecule has 2 aliphatic rings. The molecule has 5 N–H and O–H groups in total. The van der Waals surface area contributed by atoms with E-state index in [0.717, 1.165) is 37.5 Å². The number of carboxylic acids is 1. The third-order valence-electron chi connectivity index (χ3n) is 6.77. The van der Waals surface area contributed by atoms with Crippen molar-refractivity contribution < 1.29 is 37.4 Å². The van der Waals surface area contributed by atoms with E-state index < -0.39 is 18.2 Å². The van der Waals surface area contributed by atoms with E-state index in [1.807, 2.05) is 24.0 Å². The van der Waals surface area contributed by atoms with Crippen LogP contribution in [0.15, 0.2) is 42.5 Å². The first kappa shape index (κ1) is 32.4. The van der Waals surface area contributed by atoms with Gasteiger partial charge in [-0.1, -0.05) is 23.7 Å². The average Bonchev–Trinajstić information content (AvgIpc) is 3.27. The standard InChI is InChI=1S/C25H33ClFN5O2.C2HF3O2/c1-2-28-25(34)30-21-8-7-19(27)13-23(21)32-15-22(24(33)16-32)29-20-9-11-31(12-10-20)14-17-3-5-18(26)6-4-17;3-2(4,5)1(6)7/h3-8,13,20,22,24,29,33H,2,9-12,14-16H2,1H3,(H2,28,30,34);(H,6,7)/t22?,24-;/m1./s1. The molecule has 4 rings (SSSR count). The Hall–Kier alpha value is -3.13. The molecule has 2 atom stereocenters. The highest BCUT2D eigenvalue weighted by atomic mass is 35.5. The van der Waals surface area contributed by atoms with Crippen LogP contribution < -0.4 is 20.9 Å². The summed E-state index contributed by atoms with van der Waals surface area (Å²) in [4.78, 5) is 25.3. The molecule has 226 valence electrons. The Labute approximate surface area is 240 Å². The molecule has 2 amide bonds. The van der Waals surface area contributed by atoms with Crippen molar-refractivity contribution >= 4 is 35.0 Å². The van der Waals surface area contributed by atoms with Crippen LogP contribution in [0.2, 0.25) is 5.02 Å². The molecule has 0 saturated carbocycles. The number of nitrogens with one attached hydrogen (secondary N) is 3. The van der Waals surface area contributed by atoms with E-state index in [1.165, 1.54) is 17.7 Å². The number of likely N-dealkylation sites (tertiary alicyclic amines) is 1. The Morgan fingerprint density at radius 1 is 1.07 bits per heavy atom. The predicted molar refractivity (Wildman–Crippen MR) is 148 cm³/mol. The number of aliphatic hydroxyl groups excluding tert-OH is 1. The molecule has 0 aliphatic carbocycles. The van der Waals surface area contributed by atoms with Gasteiger partial charge in [0.1, 0.15) is 5.82 Å². The van der Waals surface area contributed by atoms with Crippen LogP contribution in [0.1, 0.15) is 25.3 Å². The van der Waals surface area contributed by atoms with Gasteiger partial charge < -0.3 is 31.1 Å². The monoisotopic (exact) mass is 603 g/mol. The van der Waals surface area contributed by atoms with E-state index in [2.05, 4.69) is 33.0 Å². The van der Waals surface area contributed by atoms with Gasteiger partial charge in [0.2, 0.25) is 0 Å². The lowest BCUT2D eigenvalue weighted by atomic mass is 10.0. The lowest BCUT2D eigenvalue weighted by Gasteiger charge is -2.34. The van der Waals surface area contributed by atoms with E-state index in [0.29, 0.717) is 37.1 Å². The normalized spacial score (nSPS) is 19.8. The fourth-order valence-corrected chi connectivity index (χ4v) is 4.88. The van der Waals surface area contributed by atoms with Gasteiger partial charge in [-0.15, -0.1) is 0 Å². The van der Waals surface area contributed by atoms with Gasteiger partial charge >= 0.3 is 18.2 Å². The van der Waals surface area contributed by atoms with Crippen molar-refractivity contribution in [2.24, 2.45) is 0 Å². The molecule has 2 aromatic carbocycles. The molecule has 0 bridgehead atoms. The molecule has 14 heteroatoms. The molecule has 0 spiro atoms. The maximum absolute atomic E-state index is 14.0. The number of urea groups is 1. The number of anilines is 2. The van der Waals surface area contributed by atoms with Crippen molar-refractivity contribution in [1.29, 1.82) is 0 Å². The Kier molecular flexibility index (Phi) is 11.6. The molecule has 41 heavy (non-hydrogen) atoms. The van der Waals surface area contributed by atoms with Crippen LogP contribution in [-0.4, -0.2) is 84.2 Å². The number of β-amino-alcohol motifs (C(OH)–C–C–N with tert-alkyl or cyclic N) is 1. The number of aliphatic carboxylic acids is 1. The molecule has 2 aliphatic heterocycles. The molecule has 0 aromatic heterocycles. The van der Waals surface area contributed by atoms with Crippen LogP contribution in [0.5, 0.6) is 0 Å². The SMILES string of the molecule is CCNC(=O)Nc1ccc(F)cc1N1CC(NC2CCN(Cc3ccc(Cl)cc3)CC2)[C@H](O)C1.O=C(O)C(F)(F)F. The Balaban J connectivity index is 0.000000587. The van der Waals surface area contributed by atoms with Gasteiger partial charge in [0.05, 0.1) is 23.5 Å². The summed E-state index contributed by atoms with van der Waals surface area (Å²) in [6, 6.07) is 12.1. The van der Waals surface area contributed by atoms with Gasteiger partial charge in [-0.25, -0.2) is 14.0 Å². The number of aliphatic hydroxyl groups is 1. The number of amides is 2. The van der Waals surface area contributed by atoms with E-state index in [4.69, 9.17) is 21.5 Å². The maximum Gasteiger partial charge on any atom is 0.490 e. The van der Waals surface area contributed by atoms with Crippen molar-refractivity contribution in [2.75, 3.05) is 42.9 Å². The minimum Gasteiger partial charge on any atom is -0.475 e. The van der Waals surface area contributed by atoms with Gasteiger partial charge in [0.15, 0.2) is 0 Å². The van der Waals surface area contributed by atoms with Crippen LogP contribution in [0.25, 0.3) is 0 Å². The van der Waals surface area contributed by atoms with Crippen molar-refractivity contribution in [3.05, 3.63) is 58.9 Å². The average molecular weight is 604 g/mol. The molecule has 2 aromatic rings. The van der Waals surface area contributed by atoms with Gasteiger partial charge in [-0.3, -0.25) is 4.90 Å². The van der Waals surface area contributed by atoms with Gasteiger partial charge in [0.25, 0.3) is 0 Å². The molecular weight excluding hydrogens is 570 g/mol. The van der Waals surface area contributed by atoms with Crippen LogP contribution in [-0.2, 0) is 11.3 Å². The maximum atomic E-state index is 14.0. The molecule has 2 fully saturated rings. The zero-order valence-corrected chi connectivity index (χ0v) is 23.2. The van der Waals surface area contributed by atoms with Crippen LogP contribution in [0.4, 0.5) is 33.7 Å². The Morgan fingerprint density at radius 3 is 2.29 bits per heavy atom. The van der Waals surface area contributed by atoms with Crippen LogP contribution in [0.3, 0.4) is 0 Å². The molecule has 9 nitrogen and oxygen atoms in total. The van der Waals surface area contributed by atoms with E-state index >= 15 is 0 Å². The van der Waals surface area contributed by atoms with E-state index in [-0.39, 0.29) is 17.9 Å². The summed E-state index contributed by atoms with van der Waals surface area (Å²) >= 11 is 5.98. The van der Waals surface area contributed by atoms with Crippen molar-refractivity contribution in [3.63, 3.8) is 0 Å². The second-order valence-electron chi connectivity index (χ2n) is 9.87. The minimum absolute atomic E-state index is 0.117. The summed E-state index contributed by atoms with van der Waals surface area (Å²) in [7, 11) is 0. The number of carbonyl (C=O) groups is 2. The number of halogens is 5. The number of carbonyl (C=O) groups excluding carboxylic acids is 1. The lowest BCUT2D eigenvalue weighted by molar-refractivity contribution is -0.192. The fourth-order valence-electron chi connectivity index (χ4n) is 4.75. The zero-order chi connectivity index (χ0) is 30.2. The summed E-state index contributed by atoms with van der Waals surface area (Å²) in [5.74, 6) is -3.14. The van der Waals surface area contributed by atoms with E-state index in [9.17, 15) is 27.5 Å². The molecular formula is C27H34ClF4N5O4. The highest BCUT2D eigenvalue weighted by Crippen LogP contribution is 2.30. The first-order valence-corrected chi connectivity index (χ1v) is 13.5. The first-order chi connectivity index (χ1) is 19.3. The van der Waals surface area contributed by atoms with Gasteiger partial charge in [-0.2, -0.15) is 13.2 Å². The number of nitrogens with zero attached hydrogens (tertiary/aromatic N) is 2. The summed E-state index contributed by atoms with van der Waals surface area (Å²) in [6.07, 6.45) is -3.66. The lowest BCUT2D eigenvalue weighted by Crippen LogP contribution is -2.49. The number of rotatable bonds is 7. The molecule has 1 unspecified atom stereocenters. The topological polar surface area (TPSA) is 117 Å². The molecule has 2 heterocycles. The van der Waals surface area contributed by atoms with Crippen LogP contribution in [0, 0.1) is 5.82 Å². The van der Waals surface area contributed by atoms with Crippen molar-refractivity contribution in [3.8, 4) is 0 Å². The molecule has 0 radical (unpaired) electrons. The number of carboxylic acid groups (broad SMARTS) is 1. The smallest absolute Gasteiger partial charge is 0.475 e. The number of hydrogen-bond acceptors (Lipinski definition) is 6. The second kappa shape index (κ2) is 14.7. The highest BCUT2D eigenvalue weighted by molar-refractivity contribution is 6.30. The third kappa shape index (κ3) is 10.0. The predicted octanol–water partition coefficient (Wildman–Crippen LogP) is 4.06.